The number of H-pyrrole nitrogens is 2. The van der Waals surface area contributed by atoms with Crippen LogP contribution in [-0.2, 0) is 4.74 Å². The first-order valence-corrected chi connectivity index (χ1v) is 8.05. The number of fused-ring (bicyclic) bond motifs is 3. The number of hydrogen-bond acceptors (Lipinski definition) is 3. The summed E-state index contributed by atoms with van der Waals surface area (Å²) >= 11 is 2.20. The highest BCUT2D eigenvalue weighted by Gasteiger charge is 2.18. The number of rotatable bonds is 3. The van der Waals surface area contributed by atoms with Gasteiger partial charge in [-0.05, 0) is 46.7 Å². The smallest absolute Gasteiger partial charge is 0.340 e. The molecule has 2 heterocycles. The van der Waals surface area contributed by atoms with Crippen LogP contribution in [0.1, 0.15) is 24.2 Å². The van der Waals surface area contributed by atoms with Gasteiger partial charge in [-0.2, -0.15) is 0 Å². The van der Waals surface area contributed by atoms with Gasteiger partial charge in [-0.25, -0.2) is 4.79 Å². The number of hydrogen-bond donors (Lipinski definition) is 2. The lowest BCUT2D eigenvalue weighted by molar-refractivity contribution is 0.0461. The highest BCUT2D eigenvalue weighted by atomic mass is 127. The first-order valence-electron chi connectivity index (χ1n) is 6.97. The summed E-state index contributed by atoms with van der Waals surface area (Å²) in [5, 5.41) is 1.45. The molecule has 0 radical (unpaired) electrons. The van der Waals surface area contributed by atoms with Crippen LogP contribution in [0.4, 0.5) is 0 Å². The quantitative estimate of drug-likeness (QED) is 0.513. The van der Waals surface area contributed by atoms with Crippen LogP contribution < -0.4 is 5.56 Å². The molecule has 0 saturated carbocycles. The molecular formula is C16H15IN2O3. The van der Waals surface area contributed by atoms with Crippen molar-refractivity contribution in [3.63, 3.8) is 0 Å². The Balaban J connectivity index is 2.24. The zero-order valence-corrected chi connectivity index (χ0v) is 14.4. The van der Waals surface area contributed by atoms with Crippen molar-refractivity contribution in [2.75, 3.05) is 6.61 Å². The van der Waals surface area contributed by atoms with Crippen molar-refractivity contribution in [1.82, 2.24) is 9.97 Å². The van der Waals surface area contributed by atoms with Gasteiger partial charge >= 0.3 is 5.97 Å². The summed E-state index contributed by atoms with van der Waals surface area (Å²) in [5.41, 5.74) is 1.25. The topological polar surface area (TPSA) is 75.0 Å². The third-order valence-corrected chi connectivity index (χ3v) is 4.05. The van der Waals surface area contributed by atoms with Crippen molar-refractivity contribution in [1.29, 1.82) is 0 Å². The summed E-state index contributed by atoms with van der Waals surface area (Å²) in [7, 11) is 0. The molecule has 0 amide bonds. The molecule has 0 aliphatic carbocycles. The molecule has 0 fully saturated rings. The number of benzene rings is 1. The minimum atomic E-state index is -0.411. The predicted octanol–water partition coefficient (Wildman–Crippen LogP) is 3.43. The second-order valence-corrected chi connectivity index (χ2v) is 6.83. The van der Waals surface area contributed by atoms with Crippen molar-refractivity contribution >= 4 is 50.4 Å². The highest BCUT2D eigenvalue weighted by molar-refractivity contribution is 14.1. The van der Waals surface area contributed by atoms with Crippen LogP contribution in [0.15, 0.2) is 29.2 Å². The van der Waals surface area contributed by atoms with E-state index < -0.39 is 5.97 Å². The van der Waals surface area contributed by atoms with Crippen molar-refractivity contribution < 1.29 is 9.53 Å². The van der Waals surface area contributed by atoms with Gasteiger partial charge in [-0.15, -0.1) is 0 Å². The maximum absolute atomic E-state index is 12.3. The van der Waals surface area contributed by atoms with Gasteiger partial charge in [0.05, 0.1) is 12.2 Å². The summed E-state index contributed by atoms with van der Waals surface area (Å²) in [6, 6.07) is 5.70. The Hall–Kier alpha value is -1.83. The maximum atomic E-state index is 12.3. The van der Waals surface area contributed by atoms with Crippen LogP contribution in [0, 0.1) is 9.49 Å². The Labute approximate surface area is 140 Å². The average Bonchev–Trinajstić information content (AvgIpc) is 2.91. The second kappa shape index (κ2) is 5.75. The van der Waals surface area contributed by atoms with Gasteiger partial charge in [-0.1, -0.05) is 13.8 Å². The lowest BCUT2D eigenvalue weighted by atomic mass is 10.1. The van der Waals surface area contributed by atoms with E-state index in [9.17, 15) is 9.59 Å². The van der Waals surface area contributed by atoms with Crippen molar-refractivity contribution in [3.8, 4) is 0 Å². The minimum absolute atomic E-state index is 0.244. The number of pyridine rings is 1. The van der Waals surface area contributed by atoms with Crippen LogP contribution in [0.5, 0.6) is 0 Å². The van der Waals surface area contributed by atoms with Gasteiger partial charge in [0.25, 0.3) is 5.56 Å². The average molecular weight is 410 g/mol. The molecular weight excluding hydrogens is 395 g/mol. The van der Waals surface area contributed by atoms with Crippen LogP contribution >= 0.6 is 22.6 Å². The van der Waals surface area contributed by atoms with E-state index in [1.165, 1.54) is 0 Å². The van der Waals surface area contributed by atoms with E-state index in [0.29, 0.717) is 28.6 Å². The molecule has 0 spiro atoms. The molecule has 3 aromatic rings. The molecule has 3 rings (SSSR count). The lowest BCUT2D eigenvalue weighted by Crippen LogP contribution is -2.11. The molecule has 5 nitrogen and oxygen atoms in total. The number of halogens is 1. The molecule has 0 atom stereocenters. The molecule has 0 aliphatic rings. The van der Waals surface area contributed by atoms with Gasteiger partial charge < -0.3 is 14.7 Å². The molecule has 0 unspecified atom stereocenters. The molecule has 6 heteroatoms. The number of carbonyl (C=O) groups excluding carboxylic acids is 1. The first kappa shape index (κ1) is 15.1. The van der Waals surface area contributed by atoms with Crippen LogP contribution in [0.3, 0.4) is 0 Å². The number of nitrogens with one attached hydrogen (secondary N) is 2. The van der Waals surface area contributed by atoms with Crippen LogP contribution in [0.25, 0.3) is 21.8 Å². The maximum Gasteiger partial charge on any atom is 0.340 e. The summed E-state index contributed by atoms with van der Waals surface area (Å²) in [6.07, 6.45) is 1.54. The Morgan fingerprint density at radius 2 is 2.14 bits per heavy atom. The van der Waals surface area contributed by atoms with E-state index in [-0.39, 0.29) is 11.5 Å². The fraction of sp³-hybridized carbons (Fsp3) is 0.250. The van der Waals surface area contributed by atoms with E-state index >= 15 is 0 Å². The molecule has 2 N–H and O–H groups in total. The predicted molar refractivity (Wildman–Crippen MR) is 94.3 cm³/mol. The SMILES string of the molecule is CC(C)COC(=O)c1c[nH]c2c(=O)[nH]c3ccc(I)cc3c12. The molecule has 0 bridgehead atoms. The molecule has 114 valence electrons. The molecule has 0 saturated heterocycles. The van der Waals surface area contributed by atoms with E-state index in [2.05, 4.69) is 32.6 Å². The van der Waals surface area contributed by atoms with Gasteiger partial charge in [0.15, 0.2) is 0 Å². The summed E-state index contributed by atoms with van der Waals surface area (Å²) < 4.78 is 6.33. The number of aromatic amines is 2. The highest BCUT2D eigenvalue weighted by Crippen LogP contribution is 2.26. The van der Waals surface area contributed by atoms with Crippen LogP contribution in [-0.4, -0.2) is 22.5 Å². The van der Waals surface area contributed by atoms with Gasteiger partial charge in [0.1, 0.15) is 5.52 Å². The number of aromatic nitrogens is 2. The van der Waals surface area contributed by atoms with E-state index in [4.69, 9.17) is 4.74 Å². The zero-order chi connectivity index (χ0) is 15.9. The number of esters is 1. The Morgan fingerprint density at radius 1 is 1.36 bits per heavy atom. The van der Waals surface area contributed by atoms with Crippen molar-refractivity contribution in [2.24, 2.45) is 5.92 Å². The first-order chi connectivity index (χ1) is 10.5. The van der Waals surface area contributed by atoms with E-state index in [1.54, 1.807) is 6.20 Å². The van der Waals surface area contributed by atoms with Gasteiger partial charge in [-0.3, -0.25) is 4.79 Å². The fourth-order valence-corrected chi connectivity index (χ4v) is 2.87. The Bertz CT molecular complexity index is 924. The largest absolute Gasteiger partial charge is 0.462 e. The molecule has 0 aliphatic heterocycles. The summed E-state index contributed by atoms with van der Waals surface area (Å²) in [5.74, 6) is -0.152. The second-order valence-electron chi connectivity index (χ2n) is 5.59. The van der Waals surface area contributed by atoms with Crippen LogP contribution in [0.2, 0.25) is 0 Å². The van der Waals surface area contributed by atoms with Crippen molar-refractivity contribution in [2.45, 2.75) is 13.8 Å². The third-order valence-electron chi connectivity index (χ3n) is 3.37. The lowest BCUT2D eigenvalue weighted by Gasteiger charge is -2.07. The number of ether oxygens (including phenoxy) is 1. The summed E-state index contributed by atoms with van der Waals surface area (Å²) in [6.45, 7) is 4.31. The monoisotopic (exact) mass is 410 g/mol. The standard InChI is InChI=1S/C16H15IN2O3/c1-8(2)7-22-16(21)11-6-18-14-13(11)10-5-9(17)3-4-12(10)19-15(14)20/h3-6,8,18H,7H2,1-2H3,(H,19,20). The Morgan fingerprint density at radius 3 is 2.86 bits per heavy atom. The molecule has 22 heavy (non-hydrogen) atoms. The normalized spacial score (nSPS) is 11.5. The van der Waals surface area contributed by atoms with Gasteiger partial charge in [0, 0.05) is 26.1 Å². The Kier molecular flexibility index (Phi) is 3.94. The van der Waals surface area contributed by atoms with E-state index in [1.807, 2.05) is 32.0 Å². The molecule has 1 aromatic carbocycles. The third kappa shape index (κ3) is 2.63. The number of carbonyl (C=O) groups is 1. The van der Waals surface area contributed by atoms with Gasteiger partial charge in [0.2, 0.25) is 0 Å². The fourth-order valence-electron chi connectivity index (χ4n) is 2.38. The van der Waals surface area contributed by atoms with Crippen molar-refractivity contribution in [3.05, 3.63) is 43.9 Å². The molecule has 2 aromatic heterocycles. The summed E-state index contributed by atoms with van der Waals surface area (Å²) in [4.78, 5) is 30.2. The minimum Gasteiger partial charge on any atom is -0.462 e. The zero-order valence-electron chi connectivity index (χ0n) is 12.2. The van der Waals surface area contributed by atoms with E-state index in [0.717, 1.165) is 8.96 Å².